The van der Waals surface area contributed by atoms with Gasteiger partial charge < -0.3 is 31.9 Å². The summed E-state index contributed by atoms with van der Waals surface area (Å²) in [5.41, 5.74) is 4.60. The number of rotatable bonds is 8. The predicted molar refractivity (Wildman–Crippen MR) is 118 cm³/mol. The monoisotopic (exact) mass is 477 g/mol. The van der Waals surface area contributed by atoms with Crippen LogP contribution in [-0.4, -0.2) is 59.6 Å². The number of anilines is 1. The molecule has 0 saturated heterocycles. The maximum atomic E-state index is 13.2. The number of halogens is 2. The lowest BCUT2D eigenvalue weighted by Gasteiger charge is -2.32. The van der Waals surface area contributed by atoms with Crippen LogP contribution < -0.4 is 21.7 Å². The zero-order valence-electron chi connectivity index (χ0n) is 17.1. The SMILES string of the molecule is NC(=O)C1(c2ccc(NC(=O)c3ccc(F)cc3Cl)cc2)NC=NC1C(=O)NC(CO)CO. The highest BCUT2D eigenvalue weighted by Crippen LogP contribution is 2.31. The number of benzene rings is 2. The van der Waals surface area contributed by atoms with Crippen LogP contribution in [0.15, 0.2) is 47.5 Å². The average Bonchev–Trinajstić information content (AvgIpc) is 3.24. The van der Waals surface area contributed by atoms with Gasteiger partial charge in [-0.2, -0.15) is 0 Å². The summed E-state index contributed by atoms with van der Waals surface area (Å²) in [7, 11) is 0. The van der Waals surface area contributed by atoms with E-state index in [9.17, 15) is 29.0 Å². The molecule has 1 heterocycles. The Balaban J connectivity index is 1.84. The lowest BCUT2D eigenvalue weighted by atomic mass is 9.82. The molecule has 1 aliphatic rings. The van der Waals surface area contributed by atoms with Gasteiger partial charge in [-0.25, -0.2) is 4.39 Å². The molecule has 2 unspecified atom stereocenters. The molecule has 7 N–H and O–H groups in total. The van der Waals surface area contributed by atoms with Gasteiger partial charge in [-0.15, -0.1) is 0 Å². The first kappa shape index (κ1) is 24.1. The zero-order valence-corrected chi connectivity index (χ0v) is 17.8. The van der Waals surface area contributed by atoms with Crippen molar-refractivity contribution >= 4 is 41.3 Å². The van der Waals surface area contributed by atoms with Crippen LogP contribution in [0.1, 0.15) is 15.9 Å². The van der Waals surface area contributed by atoms with Crippen LogP contribution in [-0.2, 0) is 15.1 Å². The average molecular weight is 478 g/mol. The third-order valence-electron chi connectivity index (χ3n) is 5.12. The molecular weight excluding hydrogens is 457 g/mol. The van der Waals surface area contributed by atoms with Crippen molar-refractivity contribution in [1.82, 2.24) is 10.6 Å². The Hall–Kier alpha value is -3.54. The number of hydrogen-bond acceptors (Lipinski definition) is 7. The molecule has 0 saturated carbocycles. The number of aliphatic hydroxyl groups is 2. The van der Waals surface area contributed by atoms with E-state index in [1.54, 1.807) is 0 Å². The van der Waals surface area contributed by atoms with Crippen molar-refractivity contribution in [1.29, 1.82) is 0 Å². The number of amides is 3. The number of nitrogens with one attached hydrogen (secondary N) is 3. The molecule has 2 aromatic carbocycles. The highest BCUT2D eigenvalue weighted by molar-refractivity contribution is 6.34. The number of aliphatic hydroxyl groups excluding tert-OH is 2. The minimum Gasteiger partial charge on any atom is -0.394 e. The fourth-order valence-corrected chi connectivity index (χ4v) is 3.63. The second-order valence-electron chi connectivity index (χ2n) is 7.22. The summed E-state index contributed by atoms with van der Waals surface area (Å²) in [6.45, 7) is -1.02. The van der Waals surface area contributed by atoms with E-state index in [-0.39, 0.29) is 16.1 Å². The summed E-state index contributed by atoms with van der Waals surface area (Å²) in [4.78, 5) is 41.6. The standard InChI is InChI=1S/C21H21ClFN5O5/c22-16-7-12(23)3-6-15(16)18(31)27-13-4-1-11(2-5-13)21(20(24)33)17(25-10-26-21)19(32)28-14(8-29)9-30/h1-7,10,14,17,29-30H,8-9H2,(H2,24,33)(H,25,26)(H,27,31)(H,28,32). The van der Waals surface area contributed by atoms with Crippen LogP contribution in [0.3, 0.4) is 0 Å². The van der Waals surface area contributed by atoms with Crippen molar-refractivity contribution in [2.75, 3.05) is 18.5 Å². The van der Waals surface area contributed by atoms with Crippen molar-refractivity contribution in [3.05, 3.63) is 64.4 Å². The van der Waals surface area contributed by atoms with Gasteiger partial charge in [-0.05, 0) is 35.9 Å². The predicted octanol–water partition coefficient (Wildman–Crippen LogP) is -0.119. The molecule has 174 valence electrons. The number of primary amides is 1. The first-order valence-corrected chi connectivity index (χ1v) is 10.1. The molecule has 1 aliphatic heterocycles. The summed E-state index contributed by atoms with van der Waals surface area (Å²) in [5, 5.41) is 26.1. The number of hydrogen-bond donors (Lipinski definition) is 6. The molecule has 2 aromatic rings. The number of aliphatic imine (C=N–C) groups is 1. The largest absolute Gasteiger partial charge is 0.394 e. The Bertz CT molecular complexity index is 1090. The van der Waals surface area contributed by atoms with E-state index >= 15 is 0 Å². The van der Waals surface area contributed by atoms with Crippen LogP contribution >= 0.6 is 11.6 Å². The second kappa shape index (κ2) is 9.94. The summed E-state index contributed by atoms with van der Waals surface area (Å²) in [6, 6.07) is 7.04. The number of nitrogens with zero attached hydrogens (tertiary/aromatic N) is 1. The maximum absolute atomic E-state index is 13.2. The van der Waals surface area contributed by atoms with Gasteiger partial charge >= 0.3 is 0 Å². The highest BCUT2D eigenvalue weighted by atomic mass is 35.5. The quantitative estimate of drug-likeness (QED) is 0.310. The smallest absolute Gasteiger partial charge is 0.257 e. The maximum Gasteiger partial charge on any atom is 0.257 e. The van der Waals surface area contributed by atoms with Gasteiger partial charge in [0.05, 0.1) is 36.2 Å². The van der Waals surface area contributed by atoms with Crippen LogP contribution in [0.5, 0.6) is 0 Å². The van der Waals surface area contributed by atoms with Crippen molar-refractivity contribution < 1.29 is 29.0 Å². The number of nitrogens with two attached hydrogens (primary N) is 1. The van der Waals surface area contributed by atoms with E-state index in [0.29, 0.717) is 5.69 Å². The number of carbonyl (C=O) groups is 3. The molecule has 3 rings (SSSR count). The third-order valence-corrected chi connectivity index (χ3v) is 5.44. The summed E-state index contributed by atoms with van der Waals surface area (Å²) >= 11 is 5.91. The van der Waals surface area contributed by atoms with Crippen LogP contribution in [0.2, 0.25) is 5.02 Å². The van der Waals surface area contributed by atoms with Crippen LogP contribution in [0.25, 0.3) is 0 Å². The van der Waals surface area contributed by atoms with Crippen LogP contribution in [0.4, 0.5) is 10.1 Å². The third kappa shape index (κ3) is 4.80. The Morgan fingerprint density at radius 1 is 1.18 bits per heavy atom. The first-order chi connectivity index (χ1) is 15.7. The molecule has 0 bridgehead atoms. The molecule has 10 nitrogen and oxygen atoms in total. The Morgan fingerprint density at radius 2 is 1.85 bits per heavy atom. The molecule has 3 amide bonds. The molecular formula is C21H21ClFN5O5. The van der Waals surface area contributed by atoms with E-state index in [1.807, 2.05) is 0 Å². The fraction of sp³-hybridized carbons (Fsp3) is 0.238. The Kier molecular flexibility index (Phi) is 7.26. The molecule has 0 fully saturated rings. The lowest BCUT2D eigenvalue weighted by molar-refractivity contribution is -0.132. The summed E-state index contributed by atoms with van der Waals surface area (Å²) < 4.78 is 13.2. The molecule has 33 heavy (non-hydrogen) atoms. The van der Waals surface area contributed by atoms with Gasteiger partial charge in [-0.3, -0.25) is 19.4 Å². The van der Waals surface area contributed by atoms with Gasteiger partial charge in [0.15, 0.2) is 11.6 Å². The fourth-order valence-electron chi connectivity index (χ4n) is 3.38. The van der Waals surface area contributed by atoms with Crippen molar-refractivity contribution in [3.63, 3.8) is 0 Å². The van der Waals surface area contributed by atoms with Gasteiger partial charge in [-0.1, -0.05) is 23.7 Å². The molecule has 12 heteroatoms. The summed E-state index contributed by atoms with van der Waals surface area (Å²) in [5.74, 6) is -2.77. The minimum atomic E-state index is -1.73. The normalized spacial score (nSPS) is 19.2. The topological polar surface area (TPSA) is 166 Å². The van der Waals surface area contributed by atoms with Crippen LogP contribution in [0, 0.1) is 5.82 Å². The van der Waals surface area contributed by atoms with Gasteiger partial charge in [0.2, 0.25) is 5.91 Å². The molecule has 0 radical (unpaired) electrons. The molecule has 0 spiro atoms. The van der Waals surface area contributed by atoms with Gasteiger partial charge in [0.1, 0.15) is 5.82 Å². The molecule has 0 aromatic heterocycles. The van der Waals surface area contributed by atoms with Crippen molar-refractivity contribution in [2.24, 2.45) is 10.7 Å². The van der Waals surface area contributed by atoms with Crippen molar-refractivity contribution in [2.45, 2.75) is 17.6 Å². The van der Waals surface area contributed by atoms with E-state index < -0.39 is 54.4 Å². The zero-order chi connectivity index (χ0) is 24.2. The van der Waals surface area contributed by atoms with Crippen molar-refractivity contribution in [3.8, 4) is 0 Å². The van der Waals surface area contributed by atoms with E-state index in [2.05, 4.69) is 20.9 Å². The first-order valence-electron chi connectivity index (χ1n) is 9.71. The van der Waals surface area contributed by atoms with Gasteiger partial charge in [0, 0.05) is 5.69 Å². The summed E-state index contributed by atoms with van der Waals surface area (Å²) in [6.07, 6.45) is 1.17. The Morgan fingerprint density at radius 3 is 2.42 bits per heavy atom. The van der Waals surface area contributed by atoms with Gasteiger partial charge in [0.25, 0.3) is 11.8 Å². The number of carbonyl (C=O) groups excluding carboxylic acids is 3. The minimum absolute atomic E-state index is 0.0537. The lowest BCUT2D eigenvalue weighted by Crippen LogP contribution is -2.61. The molecule has 0 aliphatic carbocycles. The second-order valence-corrected chi connectivity index (χ2v) is 7.63. The van der Waals surface area contributed by atoms with E-state index in [1.165, 1.54) is 36.7 Å². The van der Waals surface area contributed by atoms with E-state index in [0.717, 1.165) is 12.1 Å². The Labute approximate surface area is 192 Å². The highest BCUT2D eigenvalue weighted by Gasteiger charge is 2.52. The molecule has 2 atom stereocenters. The van der Waals surface area contributed by atoms with E-state index in [4.69, 9.17) is 17.3 Å².